The van der Waals surface area contributed by atoms with Crippen molar-refractivity contribution in [1.29, 1.82) is 0 Å². The van der Waals surface area contributed by atoms with E-state index < -0.39 is 0 Å². The van der Waals surface area contributed by atoms with Crippen LogP contribution >= 0.6 is 12.2 Å². The van der Waals surface area contributed by atoms with Gasteiger partial charge in [-0.05, 0) is 55.4 Å². The van der Waals surface area contributed by atoms with E-state index in [1.54, 1.807) is 24.3 Å². The van der Waals surface area contributed by atoms with Crippen molar-refractivity contribution in [3.63, 3.8) is 0 Å². The molecular formula is C20H24N2O2S. The molecule has 2 aromatic carbocycles. The van der Waals surface area contributed by atoms with Crippen molar-refractivity contribution in [3.05, 3.63) is 65.7 Å². The van der Waals surface area contributed by atoms with Crippen LogP contribution in [0.5, 0.6) is 5.75 Å². The smallest absolute Gasteiger partial charge is 0.257 e. The lowest BCUT2D eigenvalue weighted by molar-refractivity contribution is 0.0976. The number of hydrogen-bond acceptors (Lipinski definition) is 3. The van der Waals surface area contributed by atoms with Crippen LogP contribution in [-0.4, -0.2) is 23.7 Å². The summed E-state index contributed by atoms with van der Waals surface area (Å²) in [5.41, 5.74) is 1.78. The largest absolute Gasteiger partial charge is 0.493 e. The molecule has 0 heterocycles. The van der Waals surface area contributed by atoms with Crippen molar-refractivity contribution < 1.29 is 9.53 Å². The van der Waals surface area contributed by atoms with Crippen LogP contribution in [0, 0.1) is 0 Å². The second-order valence-electron chi connectivity index (χ2n) is 5.85. The van der Waals surface area contributed by atoms with Crippen LogP contribution in [0.15, 0.2) is 54.6 Å². The molecule has 0 bridgehead atoms. The summed E-state index contributed by atoms with van der Waals surface area (Å²) in [6, 6.07) is 17.5. The van der Waals surface area contributed by atoms with Gasteiger partial charge in [0.25, 0.3) is 5.91 Å². The molecule has 0 aliphatic rings. The Kier molecular flexibility index (Phi) is 7.41. The van der Waals surface area contributed by atoms with Crippen molar-refractivity contribution in [2.75, 3.05) is 6.61 Å². The minimum atomic E-state index is -0.225. The van der Waals surface area contributed by atoms with Crippen molar-refractivity contribution in [2.24, 2.45) is 0 Å². The first-order valence-corrected chi connectivity index (χ1v) is 8.88. The van der Waals surface area contributed by atoms with E-state index in [-0.39, 0.29) is 11.9 Å². The van der Waals surface area contributed by atoms with Gasteiger partial charge in [-0.3, -0.25) is 10.1 Å². The Morgan fingerprint density at radius 1 is 1.12 bits per heavy atom. The quantitative estimate of drug-likeness (QED) is 0.743. The molecule has 0 radical (unpaired) electrons. The molecule has 2 rings (SSSR count). The predicted molar refractivity (Wildman–Crippen MR) is 105 cm³/mol. The Hall–Kier alpha value is -2.40. The zero-order chi connectivity index (χ0) is 18.1. The molecule has 25 heavy (non-hydrogen) atoms. The summed E-state index contributed by atoms with van der Waals surface area (Å²) in [5.74, 6) is 0.518. The Bertz CT molecular complexity index is 687. The lowest BCUT2D eigenvalue weighted by Gasteiger charge is -2.14. The number of nitrogens with one attached hydrogen (secondary N) is 2. The van der Waals surface area contributed by atoms with E-state index in [0.717, 1.165) is 18.6 Å². The van der Waals surface area contributed by atoms with Gasteiger partial charge in [-0.15, -0.1) is 0 Å². The molecule has 0 aromatic heterocycles. The summed E-state index contributed by atoms with van der Waals surface area (Å²) in [5, 5.41) is 6.10. The van der Waals surface area contributed by atoms with Gasteiger partial charge >= 0.3 is 0 Å². The molecule has 0 aliphatic carbocycles. The molecule has 2 aromatic rings. The highest BCUT2D eigenvalue weighted by atomic mass is 32.1. The monoisotopic (exact) mass is 356 g/mol. The van der Waals surface area contributed by atoms with Crippen molar-refractivity contribution >= 4 is 23.2 Å². The third kappa shape index (κ3) is 6.55. The van der Waals surface area contributed by atoms with Crippen LogP contribution in [-0.2, 0) is 6.42 Å². The fraction of sp³-hybridized carbons (Fsp3) is 0.300. The predicted octanol–water partition coefficient (Wildman–Crippen LogP) is 3.71. The van der Waals surface area contributed by atoms with Gasteiger partial charge < -0.3 is 10.1 Å². The number of hydrogen-bond donors (Lipinski definition) is 2. The molecular weight excluding hydrogens is 332 g/mol. The summed E-state index contributed by atoms with van der Waals surface area (Å²) in [6.07, 6.45) is 1.78. The SMILES string of the molecule is CCC(C)NC(=S)NC(=O)c1ccc(OCCc2ccccc2)cc1. The van der Waals surface area contributed by atoms with Crippen LogP contribution in [0.2, 0.25) is 0 Å². The fourth-order valence-corrected chi connectivity index (χ4v) is 2.47. The van der Waals surface area contributed by atoms with Gasteiger partial charge in [-0.2, -0.15) is 0 Å². The summed E-state index contributed by atoms with van der Waals surface area (Å²) >= 11 is 5.13. The van der Waals surface area contributed by atoms with Crippen LogP contribution in [0.25, 0.3) is 0 Å². The zero-order valence-electron chi connectivity index (χ0n) is 14.6. The minimum Gasteiger partial charge on any atom is -0.493 e. The van der Waals surface area contributed by atoms with E-state index in [1.165, 1.54) is 5.56 Å². The number of amides is 1. The van der Waals surface area contributed by atoms with Gasteiger partial charge in [-0.1, -0.05) is 37.3 Å². The third-order valence-electron chi connectivity index (χ3n) is 3.84. The zero-order valence-corrected chi connectivity index (χ0v) is 15.4. The number of thiocarbonyl (C=S) groups is 1. The molecule has 0 saturated carbocycles. The summed E-state index contributed by atoms with van der Waals surface area (Å²) in [7, 11) is 0. The number of carbonyl (C=O) groups excluding carboxylic acids is 1. The van der Waals surface area contributed by atoms with Crippen LogP contribution < -0.4 is 15.4 Å². The van der Waals surface area contributed by atoms with Gasteiger partial charge in [0.15, 0.2) is 5.11 Å². The molecule has 132 valence electrons. The third-order valence-corrected chi connectivity index (χ3v) is 4.06. The van der Waals surface area contributed by atoms with Gasteiger partial charge in [0.05, 0.1) is 6.61 Å². The standard InChI is InChI=1S/C20H24N2O2S/c1-3-15(2)21-20(25)22-19(23)17-9-11-18(12-10-17)24-14-13-16-7-5-4-6-8-16/h4-12,15H,3,13-14H2,1-2H3,(H2,21,22,23,25). The Morgan fingerprint density at radius 3 is 2.44 bits per heavy atom. The number of benzene rings is 2. The summed E-state index contributed by atoms with van der Waals surface area (Å²) in [4.78, 5) is 12.2. The highest BCUT2D eigenvalue weighted by molar-refractivity contribution is 7.80. The van der Waals surface area contributed by atoms with Crippen LogP contribution in [0.4, 0.5) is 0 Å². The second-order valence-corrected chi connectivity index (χ2v) is 6.25. The molecule has 0 fully saturated rings. The van der Waals surface area contributed by atoms with Gasteiger partial charge in [0, 0.05) is 18.0 Å². The summed E-state index contributed by atoms with van der Waals surface area (Å²) in [6.45, 7) is 4.66. The highest BCUT2D eigenvalue weighted by Gasteiger charge is 2.09. The fourth-order valence-electron chi connectivity index (χ4n) is 2.17. The topological polar surface area (TPSA) is 50.4 Å². The van der Waals surface area contributed by atoms with E-state index in [4.69, 9.17) is 17.0 Å². The molecule has 4 nitrogen and oxygen atoms in total. The maximum atomic E-state index is 12.2. The van der Waals surface area contributed by atoms with E-state index in [0.29, 0.717) is 17.3 Å². The molecule has 1 unspecified atom stereocenters. The van der Waals surface area contributed by atoms with E-state index in [9.17, 15) is 4.79 Å². The van der Waals surface area contributed by atoms with E-state index >= 15 is 0 Å². The van der Waals surface area contributed by atoms with Crippen LogP contribution in [0.1, 0.15) is 36.2 Å². The highest BCUT2D eigenvalue weighted by Crippen LogP contribution is 2.13. The average Bonchev–Trinajstić information content (AvgIpc) is 2.63. The van der Waals surface area contributed by atoms with E-state index in [2.05, 4.69) is 29.7 Å². The molecule has 0 aliphatic heterocycles. The second kappa shape index (κ2) is 9.79. The molecule has 0 saturated heterocycles. The minimum absolute atomic E-state index is 0.225. The molecule has 1 amide bonds. The molecule has 1 atom stereocenters. The Balaban J connectivity index is 1.80. The average molecular weight is 356 g/mol. The lowest BCUT2D eigenvalue weighted by Crippen LogP contribution is -2.43. The van der Waals surface area contributed by atoms with Gasteiger partial charge in [0.1, 0.15) is 5.75 Å². The van der Waals surface area contributed by atoms with Crippen LogP contribution in [0.3, 0.4) is 0 Å². The molecule has 0 spiro atoms. The molecule has 2 N–H and O–H groups in total. The maximum Gasteiger partial charge on any atom is 0.257 e. The van der Waals surface area contributed by atoms with Crippen molar-refractivity contribution in [1.82, 2.24) is 10.6 Å². The number of carbonyl (C=O) groups is 1. The van der Waals surface area contributed by atoms with Gasteiger partial charge in [0.2, 0.25) is 0 Å². The Labute approximate surface area is 154 Å². The first-order valence-electron chi connectivity index (χ1n) is 8.47. The van der Waals surface area contributed by atoms with Gasteiger partial charge in [-0.25, -0.2) is 0 Å². The van der Waals surface area contributed by atoms with Crippen molar-refractivity contribution in [2.45, 2.75) is 32.7 Å². The first-order chi connectivity index (χ1) is 12.1. The lowest BCUT2D eigenvalue weighted by atomic mass is 10.2. The summed E-state index contributed by atoms with van der Waals surface area (Å²) < 4.78 is 5.72. The normalized spacial score (nSPS) is 11.4. The number of rotatable bonds is 7. The Morgan fingerprint density at radius 2 is 1.80 bits per heavy atom. The molecule has 5 heteroatoms. The van der Waals surface area contributed by atoms with Crippen molar-refractivity contribution in [3.8, 4) is 5.75 Å². The van der Waals surface area contributed by atoms with E-state index in [1.807, 2.05) is 25.1 Å². The first kappa shape index (κ1) is 18.9. The number of ether oxygens (including phenoxy) is 1. The maximum absolute atomic E-state index is 12.2.